The van der Waals surface area contributed by atoms with Crippen LogP contribution in [0.1, 0.15) is 51.5 Å². The number of guanidine groups is 1. The van der Waals surface area contributed by atoms with Gasteiger partial charge in [-0.3, -0.25) is 4.79 Å². The average Bonchev–Trinajstić information content (AvgIpc) is 3.23. The Labute approximate surface area is 174 Å². The summed E-state index contributed by atoms with van der Waals surface area (Å²) in [7, 11) is 5.14. The molecule has 0 heterocycles. The summed E-state index contributed by atoms with van der Waals surface area (Å²) >= 11 is 0. The van der Waals surface area contributed by atoms with Crippen LogP contribution >= 0.6 is 0 Å². The minimum Gasteiger partial charge on any atom is -0.493 e. The van der Waals surface area contributed by atoms with Crippen LogP contribution in [-0.2, 0) is 11.3 Å². The van der Waals surface area contributed by atoms with Crippen molar-refractivity contribution in [2.24, 2.45) is 4.99 Å². The highest BCUT2D eigenvalue weighted by Crippen LogP contribution is 2.35. The molecule has 1 fully saturated rings. The van der Waals surface area contributed by atoms with Crippen LogP contribution in [0.5, 0.6) is 11.5 Å². The Morgan fingerprint density at radius 1 is 1.31 bits per heavy atom. The monoisotopic (exact) mass is 404 g/mol. The normalized spacial score (nSPS) is 15.7. The van der Waals surface area contributed by atoms with E-state index in [0.29, 0.717) is 12.5 Å². The van der Waals surface area contributed by atoms with Crippen LogP contribution in [0.3, 0.4) is 0 Å². The zero-order chi connectivity index (χ0) is 21.2. The summed E-state index contributed by atoms with van der Waals surface area (Å²) in [5.41, 5.74) is 0.973. The van der Waals surface area contributed by atoms with Crippen molar-refractivity contribution in [2.45, 2.75) is 64.6 Å². The zero-order valence-corrected chi connectivity index (χ0v) is 18.5. The molecule has 1 aliphatic rings. The van der Waals surface area contributed by atoms with Gasteiger partial charge in [-0.1, -0.05) is 19.1 Å². The molecule has 162 valence electrons. The van der Waals surface area contributed by atoms with E-state index in [1.807, 2.05) is 18.2 Å². The third-order valence-electron chi connectivity index (χ3n) is 5.18. The van der Waals surface area contributed by atoms with Gasteiger partial charge >= 0.3 is 0 Å². The predicted octanol–water partition coefficient (Wildman–Crippen LogP) is 2.94. The van der Waals surface area contributed by atoms with E-state index in [1.165, 1.54) is 12.8 Å². The first-order valence-electron chi connectivity index (χ1n) is 10.5. The third-order valence-corrected chi connectivity index (χ3v) is 5.18. The Bertz CT molecular complexity index is 685. The summed E-state index contributed by atoms with van der Waals surface area (Å²) in [5.74, 6) is 2.12. The van der Waals surface area contributed by atoms with E-state index in [-0.39, 0.29) is 24.6 Å². The van der Waals surface area contributed by atoms with Gasteiger partial charge in [0.15, 0.2) is 17.5 Å². The highest BCUT2D eigenvalue weighted by molar-refractivity contribution is 5.86. The molecular formula is C22H36N4O3. The smallest absolute Gasteiger partial charge is 0.241 e. The summed E-state index contributed by atoms with van der Waals surface area (Å²) in [4.78, 5) is 18.2. The van der Waals surface area contributed by atoms with Crippen molar-refractivity contribution < 1.29 is 14.3 Å². The van der Waals surface area contributed by atoms with Gasteiger partial charge in [0.2, 0.25) is 5.91 Å². The number of benzene rings is 1. The van der Waals surface area contributed by atoms with Crippen molar-refractivity contribution in [2.75, 3.05) is 27.7 Å². The highest BCUT2D eigenvalue weighted by atomic mass is 16.5. The minimum absolute atomic E-state index is 0.00436. The van der Waals surface area contributed by atoms with Crippen LogP contribution in [-0.4, -0.2) is 56.7 Å². The maximum atomic E-state index is 12.0. The Morgan fingerprint density at radius 2 is 2.03 bits per heavy atom. The summed E-state index contributed by atoms with van der Waals surface area (Å²) in [5, 5.41) is 6.48. The molecule has 0 bridgehead atoms. The maximum absolute atomic E-state index is 12.0. The number of amides is 1. The van der Waals surface area contributed by atoms with Gasteiger partial charge in [0, 0.05) is 25.7 Å². The van der Waals surface area contributed by atoms with Gasteiger partial charge in [0.05, 0.1) is 26.3 Å². The largest absolute Gasteiger partial charge is 0.493 e. The van der Waals surface area contributed by atoms with Gasteiger partial charge in [0.1, 0.15) is 0 Å². The zero-order valence-electron chi connectivity index (χ0n) is 18.5. The van der Waals surface area contributed by atoms with Crippen LogP contribution < -0.4 is 20.1 Å². The lowest BCUT2D eigenvalue weighted by Crippen LogP contribution is -2.45. The molecular weight excluding hydrogens is 368 g/mol. The highest BCUT2D eigenvalue weighted by Gasteiger charge is 2.20. The molecule has 0 spiro atoms. The van der Waals surface area contributed by atoms with Gasteiger partial charge < -0.3 is 25.0 Å². The Balaban J connectivity index is 2.17. The SMILES string of the molecule is CCC(C)NC(=NCc1cccc(OC)c1OC1CCCC1)NCC(=O)N(C)C. The van der Waals surface area contributed by atoms with Crippen LogP contribution in [0.4, 0.5) is 0 Å². The molecule has 0 radical (unpaired) electrons. The molecule has 1 atom stereocenters. The standard InChI is InChI=1S/C22H36N4O3/c1-6-16(2)25-22(24-15-20(27)26(3)4)23-14-17-10-9-13-19(28-5)21(17)29-18-11-7-8-12-18/h9-10,13,16,18H,6-8,11-12,14-15H2,1-5H3,(H2,23,24,25). The number of para-hydroxylation sites is 1. The summed E-state index contributed by atoms with van der Waals surface area (Å²) < 4.78 is 11.8. The summed E-state index contributed by atoms with van der Waals surface area (Å²) in [6, 6.07) is 6.14. The third kappa shape index (κ3) is 7.15. The van der Waals surface area contributed by atoms with Gasteiger partial charge in [0.25, 0.3) is 0 Å². The first kappa shape index (κ1) is 22.8. The number of ether oxygens (including phenoxy) is 2. The molecule has 1 amide bonds. The van der Waals surface area contributed by atoms with Crippen LogP contribution in [0.2, 0.25) is 0 Å². The molecule has 2 rings (SSSR count). The molecule has 0 aromatic heterocycles. The van der Waals surface area contributed by atoms with Crippen molar-refractivity contribution in [1.82, 2.24) is 15.5 Å². The molecule has 1 saturated carbocycles. The summed E-state index contributed by atoms with van der Waals surface area (Å²) in [6.45, 7) is 4.82. The molecule has 7 heteroatoms. The first-order chi connectivity index (χ1) is 13.9. The number of rotatable bonds is 9. The fourth-order valence-electron chi connectivity index (χ4n) is 3.12. The van der Waals surface area contributed by atoms with Gasteiger partial charge in [-0.25, -0.2) is 4.99 Å². The second-order valence-electron chi connectivity index (χ2n) is 7.73. The first-order valence-corrected chi connectivity index (χ1v) is 10.5. The van der Waals surface area contributed by atoms with Crippen molar-refractivity contribution in [1.29, 1.82) is 0 Å². The van der Waals surface area contributed by atoms with E-state index >= 15 is 0 Å². The van der Waals surface area contributed by atoms with Crippen molar-refractivity contribution >= 4 is 11.9 Å². The number of hydrogen-bond acceptors (Lipinski definition) is 4. The number of methoxy groups -OCH3 is 1. The van der Waals surface area contributed by atoms with E-state index in [4.69, 9.17) is 14.5 Å². The van der Waals surface area contributed by atoms with Gasteiger partial charge in [-0.2, -0.15) is 0 Å². The molecule has 1 aliphatic carbocycles. The van der Waals surface area contributed by atoms with Gasteiger partial charge in [-0.05, 0) is 45.1 Å². The number of hydrogen-bond donors (Lipinski definition) is 2. The second-order valence-corrected chi connectivity index (χ2v) is 7.73. The number of likely N-dealkylation sites (N-methyl/N-ethyl adjacent to an activating group) is 1. The number of carbonyl (C=O) groups is 1. The Kier molecular flexibility index (Phi) is 9.09. The second kappa shape index (κ2) is 11.5. The van der Waals surface area contributed by atoms with Crippen molar-refractivity contribution in [3.63, 3.8) is 0 Å². The molecule has 0 aliphatic heterocycles. The predicted molar refractivity (Wildman–Crippen MR) is 117 cm³/mol. The Morgan fingerprint density at radius 3 is 2.66 bits per heavy atom. The molecule has 1 aromatic carbocycles. The average molecular weight is 405 g/mol. The number of nitrogens with one attached hydrogen (secondary N) is 2. The number of nitrogens with zero attached hydrogens (tertiary/aromatic N) is 2. The van der Waals surface area contributed by atoms with Crippen LogP contribution in [0.25, 0.3) is 0 Å². The Hall–Kier alpha value is -2.44. The van der Waals surface area contributed by atoms with E-state index in [0.717, 1.165) is 36.3 Å². The topological polar surface area (TPSA) is 75.2 Å². The van der Waals surface area contributed by atoms with E-state index in [1.54, 1.807) is 26.1 Å². The van der Waals surface area contributed by atoms with Crippen LogP contribution in [0, 0.1) is 0 Å². The lowest BCUT2D eigenvalue weighted by Gasteiger charge is -2.20. The molecule has 7 nitrogen and oxygen atoms in total. The fourth-order valence-corrected chi connectivity index (χ4v) is 3.12. The minimum atomic E-state index is -0.00436. The number of aliphatic imine (C=N–C) groups is 1. The molecule has 0 saturated heterocycles. The lowest BCUT2D eigenvalue weighted by molar-refractivity contribution is -0.127. The lowest BCUT2D eigenvalue weighted by atomic mass is 10.1. The van der Waals surface area contributed by atoms with E-state index < -0.39 is 0 Å². The van der Waals surface area contributed by atoms with Crippen molar-refractivity contribution in [3.8, 4) is 11.5 Å². The van der Waals surface area contributed by atoms with Crippen molar-refractivity contribution in [3.05, 3.63) is 23.8 Å². The van der Waals surface area contributed by atoms with E-state index in [9.17, 15) is 4.79 Å². The molecule has 1 aromatic rings. The number of carbonyl (C=O) groups excluding carboxylic acids is 1. The maximum Gasteiger partial charge on any atom is 0.241 e. The molecule has 1 unspecified atom stereocenters. The van der Waals surface area contributed by atoms with E-state index in [2.05, 4.69) is 24.5 Å². The van der Waals surface area contributed by atoms with Crippen LogP contribution in [0.15, 0.2) is 23.2 Å². The molecule has 2 N–H and O–H groups in total. The quantitative estimate of drug-likeness (QED) is 0.489. The summed E-state index contributed by atoms with van der Waals surface area (Å²) in [6.07, 6.45) is 5.77. The molecule has 29 heavy (non-hydrogen) atoms. The fraction of sp³-hybridized carbons (Fsp3) is 0.636. The van der Waals surface area contributed by atoms with Gasteiger partial charge in [-0.15, -0.1) is 0 Å².